The number of H-pyrrole nitrogens is 1. The van der Waals surface area contributed by atoms with Gasteiger partial charge in [0.25, 0.3) is 5.91 Å². The quantitative estimate of drug-likeness (QED) is 0.431. The minimum absolute atomic E-state index is 0.00576. The Kier molecular flexibility index (Phi) is 5.79. The third kappa shape index (κ3) is 3.72. The van der Waals surface area contributed by atoms with Crippen LogP contribution < -0.4 is 5.73 Å². The van der Waals surface area contributed by atoms with Gasteiger partial charge in [-0.15, -0.1) is 0 Å². The van der Waals surface area contributed by atoms with Gasteiger partial charge in [-0.2, -0.15) is 0 Å². The lowest BCUT2D eigenvalue weighted by Crippen LogP contribution is -2.35. The second-order valence-corrected chi connectivity index (χ2v) is 8.99. The number of nitrogens with zero attached hydrogens (tertiary/aromatic N) is 3. The topological polar surface area (TPSA) is 97.1 Å². The number of hydrogen-bond acceptors (Lipinski definition) is 5. The lowest BCUT2D eigenvalue weighted by Gasteiger charge is -2.43. The molecule has 0 unspecified atom stereocenters. The largest absolute Gasteiger partial charge is 0.383 e. The Morgan fingerprint density at radius 3 is 2.50 bits per heavy atom. The Labute approximate surface area is 199 Å². The molecule has 5 rings (SSSR count). The Hall–Kier alpha value is -3.71. The molecule has 0 saturated heterocycles. The van der Waals surface area contributed by atoms with E-state index in [1.807, 2.05) is 19.2 Å². The summed E-state index contributed by atoms with van der Waals surface area (Å²) < 4.78 is 5.13. The number of nitrogen functional groups attached to an aromatic ring is 1. The van der Waals surface area contributed by atoms with Gasteiger partial charge in [0.2, 0.25) is 5.95 Å². The van der Waals surface area contributed by atoms with Crippen molar-refractivity contribution in [1.82, 2.24) is 19.9 Å². The van der Waals surface area contributed by atoms with Gasteiger partial charge in [-0.05, 0) is 35.6 Å². The predicted octanol–water partition coefficient (Wildman–Crippen LogP) is 4.40. The molecule has 4 aromatic rings. The zero-order valence-electron chi connectivity index (χ0n) is 19.5. The van der Waals surface area contributed by atoms with Crippen molar-refractivity contribution in [2.45, 2.75) is 24.7 Å². The van der Waals surface area contributed by atoms with Crippen LogP contribution in [0.2, 0.25) is 0 Å². The van der Waals surface area contributed by atoms with E-state index in [9.17, 15) is 4.79 Å². The van der Waals surface area contributed by atoms with Crippen LogP contribution in [-0.2, 0) is 10.2 Å². The average Bonchev–Trinajstić information content (AvgIpc) is 3.27. The molecule has 2 heterocycles. The molecule has 0 spiro atoms. The van der Waals surface area contributed by atoms with E-state index >= 15 is 0 Å². The first-order valence-corrected chi connectivity index (χ1v) is 11.6. The number of hydrogen-bond donors (Lipinski definition) is 2. The molecule has 1 saturated carbocycles. The number of carbonyl (C=O) groups is 1. The summed E-state index contributed by atoms with van der Waals surface area (Å²) in [7, 11) is 3.45. The highest BCUT2D eigenvalue weighted by Crippen LogP contribution is 2.51. The van der Waals surface area contributed by atoms with Crippen LogP contribution in [0.3, 0.4) is 0 Å². The Morgan fingerprint density at radius 1 is 1.12 bits per heavy atom. The SMILES string of the molecule is COCCN(C)C(=O)c1cccc2c(C3(c4ccc(-c5cnc(N)nc5)cc4)CCC3)c[nH]c12. The van der Waals surface area contributed by atoms with Crippen molar-refractivity contribution < 1.29 is 9.53 Å². The predicted molar refractivity (Wildman–Crippen MR) is 134 cm³/mol. The summed E-state index contributed by atoms with van der Waals surface area (Å²) in [6.07, 6.45) is 8.93. The molecule has 34 heavy (non-hydrogen) atoms. The van der Waals surface area contributed by atoms with E-state index in [1.54, 1.807) is 24.4 Å². The van der Waals surface area contributed by atoms with Crippen molar-refractivity contribution >= 4 is 22.8 Å². The van der Waals surface area contributed by atoms with Crippen molar-refractivity contribution in [1.29, 1.82) is 0 Å². The number of nitrogens with two attached hydrogens (primary N) is 1. The van der Waals surface area contributed by atoms with E-state index in [0.717, 1.165) is 34.9 Å². The van der Waals surface area contributed by atoms with E-state index in [-0.39, 0.29) is 17.3 Å². The van der Waals surface area contributed by atoms with Gasteiger partial charge in [-0.3, -0.25) is 4.79 Å². The van der Waals surface area contributed by atoms with Gasteiger partial charge in [0.1, 0.15) is 0 Å². The van der Waals surface area contributed by atoms with Crippen LogP contribution in [0.1, 0.15) is 40.7 Å². The molecule has 1 aliphatic carbocycles. The normalized spacial score (nSPS) is 14.6. The van der Waals surface area contributed by atoms with Crippen LogP contribution in [0.5, 0.6) is 0 Å². The minimum Gasteiger partial charge on any atom is -0.383 e. The molecule has 7 heteroatoms. The monoisotopic (exact) mass is 455 g/mol. The van der Waals surface area contributed by atoms with Crippen LogP contribution in [0.15, 0.2) is 61.1 Å². The number of carbonyl (C=O) groups excluding carboxylic acids is 1. The van der Waals surface area contributed by atoms with Crippen LogP contribution in [0.4, 0.5) is 5.95 Å². The number of fused-ring (bicyclic) bond motifs is 1. The zero-order chi connectivity index (χ0) is 23.7. The molecule has 1 amide bonds. The molecule has 0 radical (unpaired) electrons. The third-order valence-electron chi connectivity index (χ3n) is 7.09. The highest BCUT2D eigenvalue weighted by atomic mass is 16.5. The number of benzene rings is 2. The first-order chi connectivity index (χ1) is 16.5. The number of amides is 1. The van der Waals surface area contributed by atoms with Gasteiger partial charge >= 0.3 is 0 Å². The number of methoxy groups -OCH3 is 1. The Bertz CT molecular complexity index is 1310. The molecule has 2 aromatic carbocycles. The maximum atomic E-state index is 13.1. The summed E-state index contributed by atoms with van der Waals surface area (Å²) in [5, 5.41) is 1.11. The summed E-state index contributed by atoms with van der Waals surface area (Å²) in [5.41, 5.74) is 11.7. The number of aromatic amines is 1. The smallest absolute Gasteiger partial charge is 0.255 e. The lowest BCUT2D eigenvalue weighted by molar-refractivity contribution is 0.0746. The zero-order valence-corrected chi connectivity index (χ0v) is 19.5. The maximum Gasteiger partial charge on any atom is 0.255 e. The number of likely N-dealkylation sites (N-methyl/N-ethyl adjacent to an activating group) is 1. The van der Waals surface area contributed by atoms with E-state index in [1.165, 1.54) is 17.5 Å². The number of rotatable bonds is 7. The number of ether oxygens (including phenoxy) is 1. The standard InChI is InChI=1S/C27H29N5O2/c1-32(13-14-34-2)25(33)22-6-3-5-21-23(17-29-24(21)22)27(11-4-12-27)20-9-7-18(8-10-20)19-15-30-26(28)31-16-19/h3,5-10,15-17,29H,4,11-14H2,1-2H3,(H2,28,30,31). The minimum atomic E-state index is -0.0575. The Morgan fingerprint density at radius 2 is 1.85 bits per heavy atom. The molecule has 1 fully saturated rings. The van der Waals surface area contributed by atoms with E-state index in [2.05, 4.69) is 51.5 Å². The summed E-state index contributed by atoms with van der Waals surface area (Å²) in [4.78, 5) is 26.4. The van der Waals surface area contributed by atoms with Gasteiger partial charge in [-0.25, -0.2) is 9.97 Å². The molecule has 0 aliphatic heterocycles. The molecular weight excluding hydrogens is 426 g/mol. The second-order valence-electron chi connectivity index (χ2n) is 8.99. The molecule has 2 aromatic heterocycles. The third-order valence-corrected chi connectivity index (χ3v) is 7.09. The van der Waals surface area contributed by atoms with Gasteiger partial charge in [0.15, 0.2) is 0 Å². The highest BCUT2D eigenvalue weighted by molar-refractivity contribution is 6.06. The molecule has 0 bridgehead atoms. The van der Waals surface area contributed by atoms with Crippen molar-refractivity contribution in [3.63, 3.8) is 0 Å². The summed E-state index contributed by atoms with van der Waals surface area (Å²) in [6, 6.07) is 14.7. The molecule has 7 nitrogen and oxygen atoms in total. The first kappa shape index (κ1) is 22.1. The van der Waals surface area contributed by atoms with Gasteiger partial charge in [-0.1, -0.05) is 42.8 Å². The van der Waals surface area contributed by atoms with Crippen molar-refractivity contribution in [2.75, 3.05) is 33.0 Å². The van der Waals surface area contributed by atoms with E-state index in [0.29, 0.717) is 18.7 Å². The summed E-state index contributed by atoms with van der Waals surface area (Å²) >= 11 is 0. The molecule has 1 aliphatic rings. The van der Waals surface area contributed by atoms with Crippen molar-refractivity contribution in [3.8, 4) is 11.1 Å². The van der Waals surface area contributed by atoms with Gasteiger partial charge in [0.05, 0.1) is 17.7 Å². The summed E-state index contributed by atoms with van der Waals surface area (Å²) in [6.45, 7) is 1.06. The van der Waals surface area contributed by atoms with E-state index < -0.39 is 0 Å². The van der Waals surface area contributed by atoms with Gasteiger partial charge in [0, 0.05) is 55.7 Å². The summed E-state index contributed by atoms with van der Waals surface area (Å²) in [5.74, 6) is 0.268. The lowest BCUT2D eigenvalue weighted by atomic mass is 9.60. The molecular formula is C27H29N5O2. The number of nitrogens with one attached hydrogen (secondary N) is 1. The highest BCUT2D eigenvalue weighted by Gasteiger charge is 2.42. The fourth-order valence-electron chi connectivity index (χ4n) is 4.98. The van der Waals surface area contributed by atoms with E-state index in [4.69, 9.17) is 10.5 Å². The van der Waals surface area contributed by atoms with Crippen LogP contribution in [-0.4, -0.2) is 53.1 Å². The molecule has 174 valence electrons. The average molecular weight is 456 g/mol. The van der Waals surface area contributed by atoms with Gasteiger partial charge < -0.3 is 20.4 Å². The maximum absolute atomic E-state index is 13.1. The van der Waals surface area contributed by atoms with Crippen molar-refractivity contribution in [3.05, 3.63) is 77.7 Å². The van der Waals surface area contributed by atoms with Crippen LogP contribution in [0, 0.1) is 0 Å². The number of para-hydroxylation sites is 1. The fourth-order valence-corrected chi connectivity index (χ4v) is 4.98. The number of aromatic nitrogens is 3. The molecule has 3 N–H and O–H groups in total. The van der Waals surface area contributed by atoms with Crippen LogP contribution in [0.25, 0.3) is 22.0 Å². The fraction of sp³-hybridized carbons (Fsp3) is 0.296. The molecule has 0 atom stereocenters. The second kappa shape index (κ2) is 8.91. The van der Waals surface area contributed by atoms with Crippen molar-refractivity contribution in [2.24, 2.45) is 0 Å². The first-order valence-electron chi connectivity index (χ1n) is 11.6. The Balaban J connectivity index is 1.50. The van der Waals surface area contributed by atoms with Crippen LogP contribution >= 0.6 is 0 Å². The number of anilines is 1.